The Balaban J connectivity index is 1.64. The minimum atomic E-state index is -0.158. The number of urea groups is 1. The number of benzene rings is 1. The number of carbonyl (C=O) groups is 1. The van der Waals surface area contributed by atoms with E-state index in [0.29, 0.717) is 18.2 Å². The molecule has 0 radical (unpaired) electrons. The molecule has 5 nitrogen and oxygen atoms in total. The van der Waals surface area contributed by atoms with E-state index in [9.17, 15) is 9.90 Å². The average molecular weight is 290 g/mol. The van der Waals surface area contributed by atoms with Crippen LogP contribution < -0.4 is 10.1 Å². The maximum absolute atomic E-state index is 12.3. The number of para-hydroxylation sites is 2. The van der Waals surface area contributed by atoms with Crippen LogP contribution in [-0.4, -0.2) is 41.8 Å². The zero-order chi connectivity index (χ0) is 14.7. The van der Waals surface area contributed by atoms with Crippen LogP contribution in [0.15, 0.2) is 24.3 Å². The number of rotatable bonds is 5. The van der Waals surface area contributed by atoms with Gasteiger partial charge in [-0.3, -0.25) is 0 Å². The molecule has 3 rings (SSSR count). The van der Waals surface area contributed by atoms with Crippen LogP contribution in [0.1, 0.15) is 25.7 Å². The zero-order valence-electron chi connectivity index (χ0n) is 12.1. The third-order valence-corrected chi connectivity index (χ3v) is 4.15. The first-order valence-corrected chi connectivity index (χ1v) is 7.68. The molecule has 1 atom stereocenters. The van der Waals surface area contributed by atoms with Gasteiger partial charge in [0.1, 0.15) is 5.75 Å². The second kappa shape index (κ2) is 6.35. The summed E-state index contributed by atoms with van der Waals surface area (Å²) >= 11 is 0. The molecule has 1 saturated carbocycles. The molecule has 1 aliphatic heterocycles. The van der Waals surface area contributed by atoms with Gasteiger partial charge in [0.2, 0.25) is 0 Å². The molecule has 0 bridgehead atoms. The van der Waals surface area contributed by atoms with Crippen molar-refractivity contribution in [2.75, 3.05) is 25.1 Å². The molecule has 0 spiro atoms. The summed E-state index contributed by atoms with van der Waals surface area (Å²) in [6.45, 7) is 1.44. The van der Waals surface area contributed by atoms with E-state index in [1.807, 2.05) is 24.3 Å². The number of amides is 2. The Morgan fingerprint density at radius 2 is 2.14 bits per heavy atom. The van der Waals surface area contributed by atoms with E-state index in [2.05, 4.69) is 5.32 Å². The molecule has 114 valence electrons. The summed E-state index contributed by atoms with van der Waals surface area (Å²) in [4.78, 5) is 14.0. The molecule has 2 amide bonds. The molecule has 2 N–H and O–H groups in total. The lowest BCUT2D eigenvalue weighted by Gasteiger charge is -2.24. The summed E-state index contributed by atoms with van der Waals surface area (Å²) < 4.78 is 5.80. The number of nitrogens with zero attached hydrogens (tertiary/aromatic N) is 1. The number of hydrogen-bond acceptors (Lipinski definition) is 3. The number of hydrogen-bond donors (Lipinski definition) is 2. The molecular weight excluding hydrogens is 268 g/mol. The van der Waals surface area contributed by atoms with Gasteiger partial charge in [0.25, 0.3) is 0 Å². The highest BCUT2D eigenvalue weighted by atomic mass is 16.5. The standard InChI is InChI=1S/C16H22N2O3/c19-10-13-4-3-9-18(13)16(20)17-14-5-1-2-6-15(14)21-11-12-7-8-12/h1-2,5-6,12-13,19H,3-4,7-11H2,(H,17,20)/t13-/m0/s1. The monoisotopic (exact) mass is 290 g/mol. The second-order valence-corrected chi connectivity index (χ2v) is 5.85. The number of anilines is 1. The third-order valence-electron chi connectivity index (χ3n) is 4.15. The fraction of sp³-hybridized carbons (Fsp3) is 0.562. The molecule has 0 aromatic heterocycles. The summed E-state index contributed by atoms with van der Waals surface area (Å²) in [5.74, 6) is 1.39. The minimum Gasteiger partial charge on any atom is -0.491 e. The number of aliphatic hydroxyl groups is 1. The predicted octanol–water partition coefficient (Wildman–Crippen LogP) is 2.46. The summed E-state index contributed by atoms with van der Waals surface area (Å²) in [5, 5.41) is 12.2. The van der Waals surface area contributed by atoms with E-state index in [1.165, 1.54) is 12.8 Å². The zero-order valence-corrected chi connectivity index (χ0v) is 12.1. The highest BCUT2D eigenvalue weighted by molar-refractivity contribution is 5.91. The van der Waals surface area contributed by atoms with Crippen molar-refractivity contribution in [1.29, 1.82) is 0 Å². The molecule has 1 aromatic carbocycles. The largest absolute Gasteiger partial charge is 0.491 e. The molecule has 1 aromatic rings. The summed E-state index contributed by atoms with van der Waals surface area (Å²) in [5.41, 5.74) is 0.701. The van der Waals surface area contributed by atoms with Gasteiger partial charge in [0.05, 0.1) is 24.9 Å². The lowest BCUT2D eigenvalue weighted by Crippen LogP contribution is -2.40. The number of nitrogens with one attached hydrogen (secondary N) is 1. The van der Waals surface area contributed by atoms with Crippen molar-refractivity contribution >= 4 is 11.7 Å². The first-order chi connectivity index (χ1) is 10.3. The fourth-order valence-corrected chi connectivity index (χ4v) is 2.67. The van der Waals surface area contributed by atoms with Crippen molar-refractivity contribution < 1.29 is 14.6 Å². The van der Waals surface area contributed by atoms with E-state index >= 15 is 0 Å². The second-order valence-electron chi connectivity index (χ2n) is 5.85. The van der Waals surface area contributed by atoms with Crippen LogP contribution in [0.2, 0.25) is 0 Å². The first kappa shape index (κ1) is 14.2. The van der Waals surface area contributed by atoms with Crippen LogP contribution in [0.3, 0.4) is 0 Å². The van der Waals surface area contributed by atoms with E-state index < -0.39 is 0 Å². The maximum Gasteiger partial charge on any atom is 0.322 e. The highest BCUT2D eigenvalue weighted by Crippen LogP contribution is 2.32. The Bertz CT molecular complexity index is 502. The van der Waals surface area contributed by atoms with Crippen molar-refractivity contribution in [3.63, 3.8) is 0 Å². The van der Waals surface area contributed by atoms with Gasteiger partial charge in [-0.1, -0.05) is 12.1 Å². The van der Waals surface area contributed by atoms with Gasteiger partial charge in [0.15, 0.2) is 0 Å². The molecule has 2 aliphatic rings. The SMILES string of the molecule is O=C(Nc1ccccc1OCC1CC1)N1CCC[C@H]1CO. The molecule has 2 fully saturated rings. The van der Waals surface area contributed by atoms with Gasteiger partial charge in [-0.05, 0) is 43.7 Å². The van der Waals surface area contributed by atoms with E-state index in [1.54, 1.807) is 4.90 Å². The highest BCUT2D eigenvalue weighted by Gasteiger charge is 2.28. The molecule has 1 aliphatic carbocycles. The van der Waals surface area contributed by atoms with Gasteiger partial charge in [-0.15, -0.1) is 0 Å². The van der Waals surface area contributed by atoms with Crippen LogP contribution in [0.4, 0.5) is 10.5 Å². The molecule has 21 heavy (non-hydrogen) atoms. The van der Waals surface area contributed by atoms with Crippen molar-refractivity contribution in [1.82, 2.24) is 4.90 Å². The van der Waals surface area contributed by atoms with Crippen molar-refractivity contribution in [3.8, 4) is 5.75 Å². The smallest absolute Gasteiger partial charge is 0.322 e. The molecule has 0 unspecified atom stereocenters. The Kier molecular flexibility index (Phi) is 4.29. The lowest BCUT2D eigenvalue weighted by atomic mass is 10.2. The van der Waals surface area contributed by atoms with Crippen molar-refractivity contribution in [2.24, 2.45) is 5.92 Å². The Morgan fingerprint density at radius 3 is 2.90 bits per heavy atom. The van der Waals surface area contributed by atoms with Crippen LogP contribution in [-0.2, 0) is 0 Å². The summed E-state index contributed by atoms with van der Waals surface area (Å²) in [6.07, 6.45) is 4.28. The van der Waals surface area contributed by atoms with Crippen molar-refractivity contribution in [2.45, 2.75) is 31.7 Å². The van der Waals surface area contributed by atoms with Crippen LogP contribution in [0.25, 0.3) is 0 Å². The van der Waals surface area contributed by atoms with Crippen LogP contribution >= 0.6 is 0 Å². The number of carbonyl (C=O) groups excluding carboxylic acids is 1. The van der Waals surface area contributed by atoms with E-state index in [0.717, 1.165) is 25.2 Å². The van der Waals surface area contributed by atoms with Crippen LogP contribution in [0, 0.1) is 5.92 Å². The normalized spacial score (nSPS) is 21.4. The van der Waals surface area contributed by atoms with Crippen molar-refractivity contribution in [3.05, 3.63) is 24.3 Å². The number of likely N-dealkylation sites (tertiary alicyclic amines) is 1. The summed E-state index contributed by atoms with van der Waals surface area (Å²) in [6, 6.07) is 7.30. The number of ether oxygens (including phenoxy) is 1. The van der Waals surface area contributed by atoms with E-state index in [4.69, 9.17) is 4.74 Å². The van der Waals surface area contributed by atoms with Gasteiger partial charge < -0.3 is 20.1 Å². The molecular formula is C16H22N2O3. The number of aliphatic hydroxyl groups excluding tert-OH is 1. The summed E-state index contributed by atoms with van der Waals surface area (Å²) in [7, 11) is 0. The predicted molar refractivity (Wildman–Crippen MR) is 80.5 cm³/mol. The topological polar surface area (TPSA) is 61.8 Å². The fourth-order valence-electron chi connectivity index (χ4n) is 2.67. The molecule has 1 saturated heterocycles. The lowest BCUT2D eigenvalue weighted by molar-refractivity contribution is 0.166. The molecule has 5 heteroatoms. The van der Waals surface area contributed by atoms with Crippen LogP contribution in [0.5, 0.6) is 5.75 Å². The maximum atomic E-state index is 12.3. The Morgan fingerprint density at radius 1 is 1.33 bits per heavy atom. The first-order valence-electron chi connectivity index (χ1n) is 7.68. The average Bonchev–Trinajstić information content (AvgIpc) is 3.20. The molecule has 1 heterocycles. The van der Waals surface area contributed by atoms with Gasteiger partial charge in [0, 0.05) is 6.54 Å². The van der Waals surface area contributed by atoms with Gasteiger partial charge in [-0.2, -0.15) is 0 Å². The Labute approximate surface area is 124 Å². The quantitative estimate of drug-likeness (QED) is 0.875. The van der Waals surface area contributed by atoms with E-state index in [-0.39, 0.29) is 18.7 Å². The van der Waals surface area contributed by atoms with Gasteiger partial charge in [-0.25, -0.2) is 4.79 Å². The Hall–Kier alpha value is -1.75. The van der Waals surface area contributed by atoms with Gasteiger partial charge >= 0.3 is 6.03 Å². The minimum absolute atomic E-state index is 0.0211. The third kappa shape index (κ3) is 3.47.